The highest BCUT2D eigenvalue weighted by Crippen LogP contribution is 2.30. The minimum atomic E-state index is 0.238. The van der Waals surface area contributed by atoms with Crippen LogP contribution in [0.2, 0.25) is 0 Å². The van der Waals surface area contributed by atoms with Crippen molar-refractivity contribution in [3.8, 4) is 0 Å². The molecule has 2 aliphatic rings. The Morgan fingerprint density at radius 3 is 3.05 bits per heavy atom. The first-order valence-electron chi connectivity index (χ1n) is 7.11. The minimum absolute atomic E-state index is 0.238. The first-order chi connectivity index (χ1) is 9.31. The van der Waals surface area contributed by atoms with Gasteiger partial charge in [-0.3, -0.25) is 10.2 Å². The summed E-state index contributed by atoms with van der Waals surface area (Å²) in [5.74, 6) is 0. The van der Waals surface area contributed by atoms with E-state index in [0.29, 0.717) is 12.2 Å². The van der Waals surface area contributed by atoms with Crippen molar-refractivity contribution in [3.63, 3.8) is 0 Å². The van der Waals surface area contributed by atoms with Gasteiger partial charge in [0, 0.05) is 39.3 Å². The molecule has 4 heteroatoms. The van der Waals surface area contributed by atoms with Crippen LogP contribution in [0, 0.1) is 0 Å². The van der Waals surface area contributed by atoms with Gasteiger partial charge in [-0.25, -0.2) is 0 Å². The van der Waals surface area contributed by atoms with Crippen LogP contribution in [0.25, 0.3) is 0 Å². The number of nitrogens with one attached hydrogen (secondary N) is 2. The highest BCUT2D eigenvalue weighted by atomic mass is 16.5. The van der Waals surface area contributed by atoms with Crippen LogP contribution < -0.4 is 10.6 Å². The Hall–Kier alpha value is -0.940. The van der Waals surface area contributed by atoms with Crippen LogP contribution in [0.5, 0.6) is 0 Å². The minimum Gasteiger partial charge on any atom is -0.380 e. The maximum Gasteiger partial charge on any atom is 0.0870 e. The van der Waals surface area contributed by atoms with E-state index in [2.05, 4.69) is 46.7 Å². The predicted molar refractivity (Wildman–Crippen MR) is 75.9 cm³/mol. The van der Waals surface area contributed by atoms with Crippen molar-refractivity contribution in [2.24, 2.45) is 0 Å². The van der Waals surface area contributed by atoms with E-state index < -0.39 is 0 Å². The molecule has 3 unspecified atom stereocenters. The van der Waals surface area contributed by atoms with E-state index in [1.165, 1.54) is 11.1 Å². The maximum absolute atomic E-state index is 5.56. The topological polar surface area (TPSA) is 36.5 Å². The number of methoxy groups -OCH3 is 1. The highest BCUT2D eigenvalue weighted by molar-refractivity contribution is 5.33. The molecule has 0 saturated carbocycles. The number of nitrogens with zero attached hydrogens (tertiary/aromatic N) is 1. The van der Waals surface area contributed by atoms with Gasteiger partial charge in [-0.1, -0.05) is 24.3 Å². The molecule has 2 N–H and O–H groups in total. The van der Waals surface area contributed by atoms with Gasteiger partial charge in [-0.15, -0.1) is 0 Å². The second-order valence-corrected chi connectivity index (χ2v) is 5.43. The molecular weight excluding hydrogens is 238 g/mol. The number of ether oxygens (including phenoxy) is 1. The lowest BCUT2D eigenvalue weighted by Crippen LogP contribution is -2.58. The van der Waals surface area contributed by atoms with Crippen molar-refractivity contribution in [2.45, 2.75) is 31.8 Å². The molecule has 0 aliphatic carbocycles. The molecule has 0 amide bonds. The van der Waals surface area contributed by atoms with Crippen LogP contribution in [0.15, 0.2) is 24.3 Å². The van der Waals surface area contributed by atoms with E-state index in [0.717, 1.165) is 26.2 Å². The zero-order valence-corrected chi connectivity index (χ0v) is 11.7. The summed E-state index contributed by atoms with van der Waals surface area (Å²) in [6.07, 6.45) is 0.572. The van der Waals surface area contributed by atoms with Gasteiger partial charge in [-0.2, -0.15) is 0 Å². The standard InChI is InChI=1S/C15H23N3O/c1-11(19-2)14-10-16-7-8-18(14)15-13-6-4-3-5-12(13)9-17-15/h3-6,11,14-17H,7-10H2,1-2H3. The Kier molecular flexibility index (Phi) is 3.84. The van der Waals surface area contributed by atoms with Crippen LogP contribution in [-0.2, 0) is 11.3 Å². The van der Waals surface area contributed by atoms with Crippen molar-refractivity contribution >= 4 is 0 Å². The van der Waals surface area contributed by atoms with Crippen LogP contribution in [0.1, 0.15) is 24.2 Å². The summed E-state index contributed by atoms with van der Waals surface area (Å²) in [7, 11) is 1.80. The summed E-state index contributed by atoms with van der Waals surface area (Å²) in [5, 5.41) is 7.12. The normalized spacial score (nSPS) is 29.2. The number of benzene rings is 1. The average molecular weight is 261 g/mol. The Labute approximate surface area is 115 Å². The lowest BCUT2D eigenvalue weighted by Gasteiger charge is -2.42. The Bertz CT molecular complexity index is 437. The van der Waals surface area contributed by atoms with Crippen LogP contribution >= 0.6 is 0 Å². The zero-order valence-electron chi connectivity index (χ0n) is 11.7. The smallest absolute Gasteiger partial charge is 0.0870 e. The van der Waals surface area contributed by atoms with Gasteiger partial charge in [0.1, 0.15) is 0 Å². The molecule has 0 spiro atoms. The van der Waals surface area contributed by atoms with Crippen LogP contribution in [0.3, 0.4) is 0 Å². The quantitative estimate of drug-likeness (QED) is 0.854. The average Bonchev–Trinajstić information content (AvgIpc) is 2.90. The largest absolute Gasteiger partial charge is 0.380 e. The van der Waals surface area contributed by atoms with E-state index >= 15 is 0 Å². The van der Waals surface area contributed by atoms with Crippen molar-refractivity contribution in [3.05, 3.63) is 35.4 Å². The second kappa shape index (κ2) is 5.59. The van der Waals surface area contributed by atoms with Crippen LogP contribution in [0.4, 0.5) is 0 Å². The SMILES string of the molecule is COC(C)C1CNCCN1C1NCc2ccccc21. The molecule has 0 aromatic heterocycles. The molecule has 0 radical (unpaired) electrons. The summed E-state index contributed by atoms with van der Waals surface area (Å²) >= 11 is 0. The summed E-state index contributed by atoms with van der Waals surface area (Å²) in [6.45, 7) is 6.23. The monoisotopic (exact) mass is 261 g/mol. The van der Waals surface area contributed by atoms with Crippen molar-refractivity contribution < 1.29 is 4.74 Å². The maximum atomic E-state index is 5.56. The fourth-order valence-electron chi connectivity index (χ4n) is 3.23. The number of hydrogen-bond donors (Lipinski definition) is 2. The fraction of sp³-hybridized carbons (Fsp3) is 0.600. The van der Waals surface area contributed by atoms with Gasteiger partial charge in [0.2, 0.25) is 0 Å². The second-order valence-electron chi connectivity index (χ2n) is 5.43. The molecule has 19 heavy (non-hydrogen) atoms. The third kappa shape index (κ3) is 2.41. The fourth-order valence-corrected chi connectivity index (χ4v) is 3.23. The zero-order chi connectivity index (χ0) is 13.2. The molecule has 1 saturated heterocycles. The van der Waals surface area contributed by atoms with Gasteiger partial charge in [0.05, 0.1) is 12.3 Å². The molecule has 0 bridgehead atoms. The van der Waals surface area contributed by atoms with Crippen LogP contribution in [-0.4, -0.2) is 43.8 Å². The van der Waals surface area contributed by atoms with Crippen molar-refractivity contribution in [1.82, 2.24) is 15.5 Å². The van der Waals surface area contributed by atoms with Gasteiger partial charge < -0.3 is 10.1 Å². The number of hydrogen-bond acceptors (Lipinski definition) is 4. The molecule has 1 aromatic rings. The van der Waals surface area contributed by atoms with E-state index in [1.807, 2.05) is 0 Å². The Balaban J connectivity index is 1.84. The third-order valence-electron chi connectivity index (χ3n) is 4.41. The molecule has 1 aromatic carbocycles. The molecule has 104 valence electrons. The van der Waals surface area contributed by atoms with E-state index in [1.54, 1.807) is 7.11 Å². The Morgan fingerprint density at radius 2 is 2.21 bits per heavy atom. The van der Waals surface area contributed by atoms with E-state index in [-0.39, 0.29) is 6.10 Å². The molecule has 2 heterocycles. The summed E-state index contributed by atoms with van der Waals surface area (Å²) in [4.78, 5) is 2.55. The summed E-state index contributed by atoms with van der Waals surface area (Å²) in [5.41, 5.74) is 2.85. The first kappa shape index (κ1) is 13.1. The molecular formula is C15H23N3O. The first-order valence-corrected chi connectivity index (χ1v) is 7.11. The van der Waals surface area contributed by atoms with Gasteiger partial charge in [0.15, 0.2) is 0 Å². The highest BCUT2D eigenvalue weighted by Gasteiger charge is 2.35. The molecule has 3 atom stereocenters. The van der Waals surface area contributed by atoms with Gasteiger partial charge in [-0.05, 0) is 18.1 Å². The van der Waals surface area contributed by atoms with Crippen molar-refractivity contribution in [1.29, 1.82) is 0 Å². The predicted octanol–water partition coefficient (Wildman–Crippen LogP) is 1.10. The van der Waals surface area contributed by atoms with Crippen molar-refractivity contribution in [2.75, 3.05) is 26.7 Å². The molecule has 2 aliphatic heterocycles. The Morgan fingerprint density at radius 1 is 1.37 bits per heavy atom. The summed E-state index contributed by atoms with van der Waals surface area (Å²) in [6, 6.07) is 9.14. The lowest BCUT2D eigenvalue weighted by molar-refractivity contribution is -0.0120. The molecule has 4 nitrogen and oxygen atoms in total. The number of rotatable bonds is 3. The van der Waals surface area contributed by atoms with Gasteiger partial charge in [0.25, 0.3) is 0 Å². The summed E-state index contributed by atoms with van der Waals surface area (Å²) < 4.78 is 5.56. The molecule has 1 fully saturated rings. The third-order valence-corrected chi connectivity index (χ3v) is 4.41. The van der Waals surface area contributed by atoms with E-state index in [4.69, 9.17) is 4.74 Å². The lowest BCUT2D eigenvalue weighted by atomic mass is 10.0. The van der Waals surface area contributed by atoms with Gasteiger partial charge >= 0.3 is 0 Å². The van der Waals surface area contributed by atoms with E-state index in [9.17, 15) is 0 Å². The molecule has 3 rings (SSSR count). The number of piperazine rings is 1. The number of fused-ring (bicyclic) bond motifs is 1.